The van der Waals surface area contributed by atoms with Gasteiger partial charge in [-0.05, 0) is 27.7 Å². The molecule has 0 aliphatic heterocycles. The number of aromatic nitrogens is 2. The van der Waals surface area contributed by atoms with E-state index in [1.165, 1.54) is 11.4 Å². The summed E-state index contributed by atoms with van der Waals surface area (Å²) in [6, 6.07) is 0. The lowest BCUT2D eigenvalue weighted by Gasteiger charge is -2.17. The number of aryl methyl sites for hydroxylation is 2. The summed E-state index contributed by atoms with van der Waals surface area (Å²) in [5, 5.41) is 15.0. The first-order chi connectivity index (χ1) is 7.88. The second kappa shape index (κ2) is 4.40. The highest BCUT2D eigenvalue weighted by Crippen LogP contribution is 2.20. The largest absolute Gasteiger partial charge is 0.389 e. The normalized spacial score (nSPS) is 12.5. The zero-order valence-corrected chi connectivity index (χ0v) is 11.6. The molecule has 0 saturated carbocycles. The predicted octanol–water partition coefficient (Wildman–Crippen LogP) is 1.87. The molecule has 0 unspecified atom stereocenters. The molecule has 0 spiro atoms. The topological polar surface area (TPSA) is 49.6 Å². The summed E-state index contributed by atoms with van der Waals surface area (Å²) in [6.07, 6.45) is 0. The molecule has 94 valence electrons. The van der Waals surface area contributed by atoms with Crippen LogP contribution in [0.1, 0.15) is 30.9 Å². The van der Waals surface area contributed by atoms with Crippen LogP contribution >= 0.6 is 11.3 Å². The van der Waals surface area contributed by atoms with Gasteiger partial charge in [0.1, 0.15) is 0 Å². The van der Waals surface area contributed by atoms with Gasteiger partial charge in [0.15, 0.2) is 4.96 Å². The quantitative estimate of drug-likeness (QED) is 0.874. The summed E-state index contributed by atoms with van der Waals surface area (Å²) in [4.78, 5) is 5.57. The third-order valence-corrected chi connectivity index (χ3v) is 3.62. The average Bonchev–Trinajstić information content (AvgIpc) is 2.67. The highest BCUT2D eigenvalue weighted by Gasteiger charge is 2.14. The zero-order chi connectivity index (χ0) is 12.6. The lowest BCUT2D eigenvalue weighted by molar-refractivity contribution is 0.0794. The Morgan fingerprint density at radius 1 is 1.47 bits per heavy atom. The highest BCUT2D eigenvalue weighted by molar-refractivity contribution is 7.15. The van der Waals surface area contributed by atoms with E-state index in [-0.39, 0.29) is 0 Å². The maximum absolute atomic E-state index is 9.66. The summed E-state index contributed by atoms with van der Waals surface area (Å²) >= 11 is 1.66. The number of hydrogen-bond donors (Lipinski definition) is 2. The Kier molecular flexibility index (Phi) is 3.25. The van der Waals surface area contributed by atoms with Gasteiger partial charge in [-0.25, -0.2) is 4.98 Å². The Bertz CT molecular complexity index is 522. The molecular formula is C12H19N3OS. The van der Waals surface area contributed by atoms with E-state index in [2.05, 4.69) is 27.0 Å². The molecule has 0 aliphatic carbocycles. The highest BCUT2D eigenvalue weighted by atomic mass is 32.1. The van der Waals surface area contributed by atoms with Crippen molar-refractivity contribution in [3.8, 4) is 0 Å². The maximum atomic E-state index is 9.66. The number of imidazole rings is 1. The Hall–Kier alpha value is -0.910. The van der Waals surface area contributed by atoms with Crippen LogP contribution < -0.4 is 5.32 Å². The second-order valence-corrected chi connectivity index (χ2v) is 5.89. The van der Waals surface area contributed by atoms with Crippen LogP contribution in [0.15, 0.2) is 5.38 Å². The molecule has 2 rings (SSSR count). The molecule has 2 heterocycles. The van der Waals surface area contributed by atoms with Crippen molar-refractivity contribution in [1.82, 2.24) is 14.7 Å². The van der Waals surface area contributed by atoms with Crippen molar-refractivity contribution in [3.05, 3.63) is 22.5 Å². The summed E-state index contributed by atoms with van der Waals surface area (Å²) in [7, 11) is 0. The number of fused-ring (bicyclic) bond motifs is 1. The van der Waals surface area contributed by atoms with Crippen LogP contribution in [0.5, 0.6) is 0 Å². The van der Waals surface area contributed by atoms with Gasteiger partial charge in [0.2, 0.25) is 0 Å². The SMILES string of the molecule is Cc1nc2scc(C)n2c1CNCC(C)(C)O. The number of nitrogens with one attached hydrogen (secondary N) is 1. The van der Waals surface area contributed by atoms with Crippen molar-refractivity contribution in [2.24, 2.45) is 0 Å². The number of nitrogens with zero attached hydrogens (tertiary/aromatic N) is 2. The first kappa shape index (κ1) is 12.5. The van der Waals surface area contributed by atoms with Gasteiger partial charge in [-0.1, -0.05) is 0 Å². The van der Waals surface area contributed by atoms with Crippen molar-refractivity contribution in [1.29, 1.82) is 0 Å². The van der Waals surface area contributed by atoms with Crippen molar-refractivity contribution in [3.63, 3.8) is 0 Å². The lowest BCUT2D eigenvalue weighted by atomic mass is 10.1. The van der Waals surface area contributed by atoms with E-state index in [9.17, 15) is 5.11 Å². The van der Waals surface area contributed by atoms with Crippen LogP contribution in [0.3, 0.4) is 0 Å². The minimum absolute atomic E-state index is 0.572. The maximum Gasteiger partial charge on any atom is 0.194 e. The van der Waals surface area contributed by atoms with Gasteiger partial charge in [-0.2, -0.15) is 0 Å². The molecule has 4 nitrogen and oxygen atoms in total. The zero-order valence-electron chi connectivity index (χ0n) is 10.7. The van der Waals surface area contributed by atoms with Crippen LogP contribution in [-0.4, -0.2) is 26.6 Å². The monoisotopic (exact) mass is 253 g/mol. The molecule has 0 aliphatic rings. The van der Waals surface area contributed by atoms with Gasteiger partial charge in [0, 0.05) is 24.2 Å². The van der Waals surface area contributed by atoms with E-state index < -0.39 is 5.60 Å². The first-order valence-electron chi connectivity index (χ1n) is 5.73. The smallest absolute Gasteiger partial charge is 0.194 e. The van der Waals surface area contributed by atoms with E-state index in [4.69, 9.17) is 0 Å². The first-order valence-corrected chi connectivity index (χ1v) is 6.61. The molecular weight excluding hydrogens is 234 g/mol. The number of thiazole rings is 1. The van der Waals surface area contributed by atoms with Gasteiger partial charge in [-0.15, -0.1) is 11.3 Å². The lowest BCUT2D eigenvalue weighted by Crippen LogP contribution is -2.34. The summed E-state index contributed by atoms with van der Waals surface area (Å²) < 4.78 is 2.18. The fraction of sp³-hybridized carbons (Fsp3) is 0.583. The molecule has 0 atom stereocenters. The van der Waals surface area contributed by atoms with Gasteiger partial charge >= 0.3 is 0 Å². The minimum Gasteiger partial charge on any atom is -0.389 e. The molecule has 17 heavy (non-hydrogen) atoms. The molecule has 0 amide bonds. The van der Waals surface area contributed by atoms with Gasteiger partial charge in [-0.3, -0.25) is 4.40 Å². The third kappa shape index (κ3) is 2.68. The van der Waals surface area contributed by atoms with E-state index in [0.717, 1.165) is 17.2 Å². The minimum atomic E-state index is -0.679. The second-order valence-electron chi connectivity index (χ2n) is 5.05. The van der Waals surface area contributed by atoms with Crippen LogP contribution in [0.25, 0.3) is 4.96 Å². The molecule has 2 aromatic rings. The Balaban J connectivity index is 2.17. The summed E-state index contributed by atoms with van der Waals surface area (Å²) in [5.74, 6) is 0. The predicted molar refractivity (Wildman–Crippen MR) is 70.5 cm³/mol. The van der Waals surface area contributed by atoms with Crippen molar-refractivity contribution < 1.29 is 5.11 Å². The van der Waals surface area contributed by atoms with Gasteiger partial charge in [0.05, 0.1) is 17.0 Å². The fourth-order valence-corrected chi connectivity index (χ4v) is 2.79. The van der Waals surface area contributed by atoms with Crippen molar-refractivity contribution in [2.45, 2.75) is 39.8 Å². The summed E-state index contributed by atoms with van der Waals surface area (Å²) in [5.41, 5.74) is 2.78. The van der Waals surface area contributed by atoms with Gasteiger partial charge in [0.25, 0.3) is 0 Å². The Morgan fingerprint density at radius 2 is 2.18 bits per heavy atom. The molecule has 2 aromatic heterocycles. The van der Waals surface area contributed by atoms with E-state index >= 15 is 0 Å². The van der Waals surface area contributed by atoms with Crippen LogP contribution in [0, 0.1) is 13.8 Å². The number of hydrogen-bond acceptors (Lipinski definition) is 4. The number of rotatable bonds is 4. The fourth-order valence-electron chi connectivity index (χ4n) is 1.86. The molecule has 2 N–H and O–H groups in total. The van der Waals surface area contributed by atoms with E-state index in [1.54, 1.807) is 25.2 Å². The van der Waals surface area contributed by atoms with E-state index in [1.807, 2.05) is 6.92 Å². The van der Waals surface area contributed by atoms with Gasteiger partial charge < -0.3 is 10.4 Å². The molecule has 0 bridgehead atoms. The van der Waals surface area contributed by atoms with Crippen molar-refractivity contribution >= 4 is 16.3 Å². The van der Waals surface area contributed by atoms with Crippen LogP contribution in [0.4, 0.5) is 0 Å². The molecule has 0 radical (unpaired) electrons. The molecule has 5 heteroatoms. The number of aliphatic hydroxyl groups is 1. The average molecular weight is 253 g/mol. The Labute approximate surface area is 105 Å². The summed E-state index contributed by atoms with van der Waals surface area (Å²) in [6.45, 7) is 9.02. The third-order valence-electron chi connectivity index (χ3n) is 2.68. The Morgan fingerprint density at radius 3 is 2.82 bits per heavy atom. The molecule has 0 fully saturated rings. The molecule has 0 saturated heterocycles. The standard InChI is InChI=1S/C12H19N3OS/c1-8-6-17-11-14-9(2)10(15(8)11)5-13-7-12(3,4)16/h6,13,16H,5,7H2,1-4H3. The van der Waals surface area contributed by atoms with Crippen LogP contribution in [0.2, 0.25) is 0 Å². The van der Waals surface area contributed by atoms with Crippen LogP contribution in [-0.2, 0) is 6.54 Å². The van der Waals surface area contributed by atoms with Crippen molar-refractivity contribution in [2.75, 3.05) is 6.54 Å². The molecule has 0 aromatic carbocycles. The van der Waals surface area contributed by atoms with E-state index in [0.29, 0.717) is 6.54 Å².